The van der Waals surface area contributed by atoms with Crippen LogP contribution < -0.4 is 10.1 Å². The lowest BCUT2D eigenvalue weighted by Crippen LogP contribution is -2.39. The van der Waals surface area contributed by atoms with Crippen molar-refractivity contribution in [3.8, 4) is 5.75 Å². The van der Waals surface area contributed by atoms with Crippen molar-refractivity contribution < 1.29 is 4.74 Å². The van der Waals surface area contributed by atoms with Gasteiger partial charge < -0.3 is 10.1 Å². The second-order valence-electron chi connectivity index (χ2n) is 5.93. The molecule has 2 unspecified atom stereocenters. The molecule has 1 aliphatic rings. The first kappa shape index (κ1) is 14.6. The molecule has 0 aliphatic carbocycles. The molecule has 0 saturated heterocycles. The molecule has 0 aromatic heterocycles. The topological polar surface area (TPSA) is 21.3 Å². The second kappa shape index (κ2) is 5.47. The molecule has 1 aliphatic heterocycles. The number of hydrogen-bond donors (Lipinski definition) is 1. The van der Waals surface area contributed by atoms with Gasteiger partial charge in [0, 0.05) is 22.5 Å². The summed E-state index contributed by atoms with van der Waals surface area (Å²) in [7, 11) is 2.01. The predicted molar refractivity (Wildman–Crippen MR) is 89.7 cm³/mol. The summed E-state index contributed by atoms with van der Waals surface area (Å²) in [4.78, 5) is 0. The van der Waals surface area contributed by atoms with Crippen LogP contribution in [0.1, 0.15) is 36.1 Å². The van der Waals surface area contributed by atoms with Crippen LogP contribution in [0.2, 0.25) is 0 Å². The number of benzene rings is 2. The Balaban J connectivity index is 2.06. The standard InChI is InChI=1S/C18H20BrNO/c1-12-5-4-6-13(9-12)18(2)11-16(20-3)15-8-7-14(19)10-17(15)21-18/h4-10,16,20H,11H2,1-3H3. The zero-order chi connectivity index (χ0) is 15.0. The van der Waals surface area contributed by atoms with Crippen LogP contribution in [0, 0.1) is 6.92 Å². The molecule has 2 atom stereocenters. The number of nitrogens with one attached hydrogen (secondary N) is 1. The van der Waals surface area contributed by atoms with Crippen LogP contribution in [0.4, 0.5) is 0 Å². The van der Waals surface area contributed by atoms with Gasteiger partial charge in [0.2, 0.25) is 0 Å². The Hall–Kier alpha value is -1.32. The molecule has 21 heavy (non-hydrogen) atoms. The van der Waals surface area contributed by atoms with Crippen molar-refractivity contribution in [2.24, 2.45) is 0 Å². The van der Waals surface area contributed by atoms with E-state index >= 15 is 0 Å². The van der Waals surface area contributed by atoms with Gasteiger partial charge in [-0.3, -0.25) is 0 Å². The van der Waals surface area contributed by atoms with Crippen molar-refractivity contribution in [1.82, 2.24) is 5.32 Å². The summed E-state index contributed by atoms with van der Waals surface area (Å²) in [5.74, 6) is 0.957. The van der Waals surface area contributed by atoms with Crippen molar-refractivity contribution in [3.05, 3.63) is 63.6 Å². The summed E-state index contributed by atoms with van der Waals surface area (Å²) in [5, 5.41) is 3.42. The van der Waals surface area contributed by atoms with Crippen LogP contribution in [0.3, 0.4) is 0 Å². The molecule has 3 rings (SSSR count). The predicted octanol–water partition coefficient (Wildman–Crippen LogP) is 4.72. The van der Waals surface area contributed by atoms with Crippen LogP contribution in [0.15, 0.2) is 46.9 Å². The Bertz CT molecular complexity index is 670. The number of hydrogen-bond acceptors (Lipinski definition) is 2. The fourth-order valence-corrected chi connectivity index (χ4v) is 3.42. The lowest BCUT2D eigenvalue weighted by Gasteiger charge is -2.40. The van der Waals surface area contributed by atoms with E-state index in [1.165, 1.54) is 16.7 Å². The van der Waals surface area contributed by atoms with Crippen molar-refractivity contribution in [3.63, 3.8) is 0 Å². The smallest absolute Gasteiger partial charge is 0.133 e. The molecule has 0 saturated carbocycles. The molecule has 1 N–H and O–H groups in total. The van der Waals surface area contributed by atoms with Crippen molar-refractivity contribution >= 4 is 15.9 Å². The molecule has 0 amide bonds. The number of halogens is 1. The Labute approximate surface area is 134 Å². The van der Waals surface area contributed by atoms with Gasteiger partial charge in [0.25, 0.3) is 0 Å². The van der Waals surface area contributed by atoms with Crippen molar-refractivity contribution in [1.29, 1.82) is 0 Å². The highest BCUT2D eigenvalue weighted by atomic mass is 79.9. The van der Waals surface area contributed by atoms with E-state index in [-0.39, 0.29) is 5.60 Å². The molecule has 0 fully saturated rings. The second-order valence-corrected chi connectivity index (χ2v) is 6.85. The number of rotatable bonds is 2. The van der Waals surface area contributed by atoms with E-state index in [9.17, 15) is 0 Å². The SMILES string of the molecule is CNC1CC(C)(c2cccc(C)c2)Oc2cc(Br)ccc21. The van der Waals surface area contributed by atoms with Crippen molar-refractivity contribution in [2.45, 2.75) is 31.9 Å². The summed E-state index contributed by atoms with van der Waals surface area (Å²) in [6, 6.07) is 15.2. The van der Waals surface area contributed by atoms with Gasteiger partial charge in [0.1, 0.15) is 11.4 Å². The summed E-state index contributed by atoms with van der Waals surface area (Å²) < 4.78 is 7.45. The lowest BCUT2D eigenvalue weighted by molar-refractivity contribution is 0.0460. The van der Waals surface area contributed by atoms with Gasteiger partial charge in [-0.1, -0.05) is 51.8 Å². The number of ether oxygens (including phenoxy) is 1. The Morgan fingerprint density at radius 2 is 2.05 bits per heavy atom. The zero-order valence-electron chi connectivity index (χ0n) is 12.6. The van der Waals surface area contributed by atoms with E-state index in [4.69, 9.17) is 4.74 Å². The van der Waals surface area contributed by atoms with E-state index < -0.39 is 0 Å². The molecule has 3 heteroatoms. The quantitative estimate of drug-likeness (QED) is 0.850. The highest BCUT2D eigenvalue weighted by Gasteiger charge is 2.38. The third kappa shape index (κ3) is 2.72. The maximum Gasteiger partial charge on any atom is 0.133 e. The molecular formula is C18H20BrNO. The van der Waals surface area contributed by atoms with Gasteiger partial charge in [0.05, 0.1) is 0 Å². The summed E-state index contributed by atoms with van der Waals surface area (Å²) >= 11 is 3.54. The summed E-state index contributed by atoms with van der Waals surface area (Å²) in [5.41, 5.74) is 3.41. The Morgan fingerprint density at radius 1 is 1.24 bits per heavy atom. The third-order valence-electron chi connectivity index (χ3n) is 4.26. The van der Waals surface area contributed by atoms with Crippen molar-refractivity contribution in [2.75, 3.05) is 7.05 Å². The minimum Gasteiger partial charge on any atom is -0.482 e. The molecular weight excluding hydrogens is 326 g/mol. The van der Waals surface area contributed by atoms with E-state index in [0.29, 0.717) is 6.04 Å². The van der Waals surface area contributed by atoms with E-state index in [0.717, 1.165) is 16.6 Å². The fourth-order valence-electron chi connectivity index (χ4n) is 3.08. The first-order valence-corrected chi connectivity index (χ1v) is 8.04. The fraction of sp³-hybridized carbons (Fsp3) is 0.333. The van der Waals surface area contributed by atoms with Crippen LogP contribution >= 0.6 is 15.9 Å². The molecule has 0 bridgehead atoms. The third-order valence-corrected chi connectivity index (χ3v) is 4.75. The van der Waals surface area contributed by atoms with Crippen LogP contribution in [0.5, 0.6) is 5.75 Å². The lowest BCUT2D eigenvalue weighted by atomic mass is 9.83. The van der Waals surface area contributed by atoms with E-state index in [1.807, 2.05) is 7.05 Å². The van der Waals surface area contributed by atoms with Crippen LogP contribution in [-0.2, 0) is 5.60 Å². The van der Waals surface area contributed by atoms with Gasteiger partial charge in [-0.2, -0.15) is 0 Å². The molecule has 0 radical (unpaired) electrons. The first-order valence-electron chi connectivity index (χ1n) is 7.25. The van der Waals surface area contributed by atoms with Gasteiger partial charge in [-0.25, -0.2) is 0 Å². The largest absolute Gasteiger partial charge is 0.482 e. The zero-order valence-corrected chi connectivity index (χ0v) is 14.2. The normalized spacial score (nSPS) is 24.3. The minimum atomic E-state index is -0.312. The summed E-state index contributed by atoms with van der Waals surface area (Å²) in [6.07, 6.45) is 0.918. The maximum atomic E-state index is 6.40. The van der Waals surface area contributed by atoms with Gasteiger partial charge in [-0.15, -0.1) is 0 Å². The Morgan fingerprint density at radius 3 is 2.76 bits per heavy atom. The van der Waals surface area contributed by atoms with E-state index in [1.54, 1.807) is 0 Å². The van der Waals surface area contributed by atoms with Gasteiger partial charge >= 0.3 is 0 Å². The Kier molecular flexibility index (Phi) is 3.80. The molecule has 2 nitrogen and oxygen atoms in total. The highest BCUT2D eigenvalue weighted by molar-refractivity contribution is 9.10. The first-order chi connectivity index (χ1) is 10.0. The van der Waals surface area contributed by atoms with Gasteiger partial charge in [0.15, 0.2) is 0 Å². The molecule has 2 aromatic rings. The maximum absolute atomic E-state index is 6.40. The van der Waals surface area contributed by atoms with Crippen LogP contribution in [0.25, 0.3) is 0 Å². The average molecular weight is 346 g/mol. The van der Waals surface area contributed by atoms with Gasteiger partial charge in [-0.05, 0) is 38.6 Å². The molecule has 0 spiro atoms. The highest BCUT2D eigenvalue weighted by Crippen LogP contribution is 2.45. The number of fused-ring (bicyclic) bond motifs is 1. The summed E-state index contributed by atoms with van der Waals surface area (Å²) in [6.45, 7) is 4.30. The molecule has 2 aromatic carbocycles. The molecule has 110 valence electrons. The van der Waals surface area contributed by atoms with E-state index in [2.05, 4.69) is 77.6 Å². The van der Waals surface area contributed by atoms with Crippen LogP contribution in [-0.4, -0.2) is 7.05 Å². The average Bonchev–Trinajstić information content (AvgIpc) is 2.46. The number of aryl methyl sites for hydroxylation is 1. The minimum absolute atomic E-state index is 0.298. The monoisotopic (exact) mass is 345 g/mol. The molecule has 1 heterocycles.